The van der Waals surface area contributed by atoms with E-state index >= 15 is 0 Å². The Balaban J connectivity index is 1.93. The number of rotatable bonds is 2. The molecule has 98 valence electrons. The van der Waals surface area contributed by atoms with Crippen molar-refractivity contribution in [1.82, 2.24) is 0 Å². The highest BCUT2D eigenvalue weighted by Gasteiger charge is 2.26. The molecule has 0 radical (unpaired) electrons. The van der Waals surface area contributed by atoms with E-state index in [9.17, 15) is 0 Å². The maximum Gasteiger partial charge on any atom is 0.0545 e. The van der Waals surface area contributed by atoms with Gasteiger partial charge in [0, 0.05) is 18.4 Å². The van der Waals surface area contributed by atoms with Crippen LogP contribution in [0.25, 0.3) is 0 Å². The van der Waals surface area contributed by atoms with Crippen LogP contribution in [0.2, 0.25) is 0 Å². The summed E-state index contributed by atoms with van der Waals surface area (Å²) in [6.07, 6.45) is 2.30. The number of nitrogens with two attached hydrogens (primary N) is 1. The first kappa shape index (κ1) is 12.1. The van der Waals surface area contributed by atoms with E-state index in [4.69, 9.17) is 5.73 Å². The van der Waals surface area contributed by atoms with Crippen LogP contribution in [-0.2, 0) is 6.42 Å². The number of nitrogens with zero attached hydrogens (tertiary/aromatic N) is 1. The third-order valence-corrected chi connectivity index (χ3v) is 4.09. The summed E-state index contributed by atoms with van der Waals surface area (Å²) in [6.45, 7) is 2.14. The monoisotopic (exact) mass is 252 g/mol. The molecular formula is C17H20N2. The zero-order valence-electron chi connectivity index (χ0n) is 11.6. The quantitative estimate of drug-likeness (QED) is 0.826. The molecule has 0 saturated heterocycles. The zero-order valence-corrected chi connectivity index (χ0v) is 11.6. The fourth-order valence-electron chi connectivity index (χ4n) is 3.04. The van der Waals surface area contributed by atoms with Crippen LogP contribution in [-0.4, -0.2) is 7.05 Å². The van der Waals surface area contributed by atoms with Crippen LogP contribution >= 0.6 is 0 Å². The topological polar surface area (TPSA) is 29.3 Å². The van der Waals surface area contributed by atoms with Gasteiger partial charge >= 0.3 is 0 Å². The minimum Gasteiger partial charge on any atom is -0.399 e. The Morgan fingerprint density at radius 3 is 2.79 bits per heavy atom. The molecule has 0 fully saturated rings. The van der Waals surface area contributed by atoms with Gasteiger partial charge in [-0.15, -0.1) is 0 Å². The highest BCUT2D eigenvalue weighted by molar-refractivity contribution is 5.54. The lowest BCUT2D eigenvalue weighted by Gasteiger charge is -2.28. The van der Waals surface area contributed by atoms with Crippen LogP contribution < -0.4 is 10.6 Å². The Morgan fingerprint density at radius 1 is 1.16 bits per heavy atom. The van der Waals surface area contributed by atoms with Crippen molar-refractivity contribution in [1.29, 1.82) is 0 Å². The summed E-state index contributed by atoms with van der Waals surface area (Å²) in [6, 6.07) is 15.5. The second-order valence-electron chi connectivity index (χ2n) is 5.46. The molecule has 0 aliphatic heterocycles. The molecule has 2 N–H and O–H groups in total. The van der Waals surface area contributed by atoms with Crippen molar-refractivity contribution < 1.29 is 0 Å². The lowest BCUT2D eigenvalue weighted by atomic mass is 10.1. The van der Waals surface area contributed by atoms with Gasteiger partial charge in [-0.3, -0.25) is 0 Å². The van der Waals surface area contributed by atoms with Gasteiger partial charge in [-0.1, -0.05) is 18.2 Å². The number of benzene rings is 2. The Bertz CT molecular complexity index is 604. The molecule has 1 unspecified atom stereocenters. The molecule has 3 rings (SSSR count). The van der Waals surface area contributed by atoms with Crippen molar-refractivity contribution in [2.24, 2.45) is 0 Å². The average Bonchev–Trinajstić information content (AvgIpc) is 2.80. The second kappa shape index (κ2) is 4.61. The van der Waals surface area contributed by atoms with Gasteiger partial charge in [0.1, 0.15) is 0 Å². The van der Waals surface area contributed by atoms with Gasteiger partial charge in [0.2, 0.25) is 0 Å². The molecule has 1 atom stereocenters. The number of nitrogen functional groups attached to an aromatic ring is 1. The highest BCUT2D eigenvalue weighted by Crippen LogP contribution is 2.38. The molecule has 1 aliphatic carbocycles. The fourth-order valence-corrected chi connectivity index (χ4v) is 3.04. The van der Waals surface area contributed by atoms with Gasteiger partial charge in [-0.25, -0.2) is 0 Å². The lowest BCUT2D eigenvalue weighted by Crippen LogP contribution is -2.22. The molecule has 0 aromatic heterocycles. The first-order valence-electron chi connectivity index (χ1n) is 6.83. The highest BCUT2D eigenvalue weighted by atomic mass is 15.1. The normalized spacial score (nSPS) is 17.3. The number of anilines is 2. The van der Waals surface area contributed by atoms with E-state index in [-0.39, 0.29) is 0 Å². The first-order valence-corrected chi connectivity index (χ1v) is 6.83. The van der Waals surface area contributed by atoms with Crippen molar-refractivity contribution >= 4 is 11.4 Å². The van der Waals surface area contributed by atoms with Gasteiger partial charge in [0.25, 0.3) is 0 Å². The number of fused-ring (bicyclic) bond motifs is 1. The minimum atomic E-state index is 0.470. The Morgan fingerprint density at radius 2 is 2.00 bits per heavy atom. The summed E-state index contributed by atoms with van der Waals surface area (Å²) in [4.78, 5) is 2.38. The Labute approximate surface area is 114 Å². The fraction of sp³-hybridized carbons (Fsp3) is 0.294. The lowest BCUT2D eigenvalue weighted by molar-refractivity contribution is 0.662. The summed E-state index contributed by atoms with van der Waals surface area (Å²) < 4.78 is 0. The number of hydrogen-bond acceptors (Lipinski definition) is 2. The van der Waals surface area contributed by atoms with Crippen molar-refractivity contribution in [2.45, 2.75) is 25.8 Å². The van der Waals surface area contributed by atoms with Gasteiger partial charge < -0.3 is 10.6 Å². The maximum absolute atomic E-state index is 5.87. The number of aryl methyl sites for hydroxylation is 2. The van der Waals surface area contributed by atoms with Crippen LogP contribution in [0, 0.1) is 6.92 Å². The summed E-state index contributed by atoms with van der Waals surface area (Å²) in [5, 5.41) is 0. The standard InChI is InChI=1S/C17H20N2/c1-12-4-3-5-15(10-12)19(2)17-9-6-13-11-14(18)7-8-16(13)17/h3-5,7-8,10-11,17H,6,9,18H2,1-2H3. The smallest absolute Gasteiger partial charge is 0.0545 e. The van der Waals surface area contributed by atoms with Crippen LogP contribution in [0.5, 0.6) is 0 Å². The summed E-state index contributed by atoms with van der Waals surface area (Å²) >= 11 is 0. The molecule has 0 bridgehead atoms. The van der Waals surface area contributed by atoms with Crippen LogP contribution in [0.15, 0.2) is 42.5 Å². The summed E-state index contributed by atoms with van der Waals surface area (Å²) in [7, 11) is 2.19. The minimum absolute atomic E-state index is 0.470. The van der Waals surface area contributed by atoms with E-state index in [1.54, 1.807) is 0 Å². The van der Waals surface area contributed by atoms with E-state index in [2.05, 4.69) is 55.3 Å². The van der Waals surface area contributed by atoms with E-state index in [0.717, 1.165) is 12.1 Å². The maximum atomic E-state index is 5.87. The molecule has 0 spiro atoms. The molecule has 19 heavy (non-hydrogen) atoms. The molecule has 2 aromatic carbocycles. The van der Waals surface area contributed by atoms with E-state index in [1.807, 2.05) is 6.07 Å². The predicted molar refractivity (Wildman–Crippen MR) is 81.5 cm³/mol. The molecule has 0 heterocycles. The molecule has 2 aromatic rings. The van der Waals surface area contributed by atoms with Gasteiger partial charge in [0.15, 0.2) is 0 Å². The van der Waals surface area contributed by atoms with Crippen LogP contribution in [0.1, 0.15) is 29.2 Å². The van der Waals surface area contributed by atoms with Gasteiger partial charge in [-0.05, 0) is 60.7 Å². The van der Waals surface area contributed by atoms with Crippen LogP contribution in [0.3, 0.4) is 0 Å². The molecule has 0 amide bonds. The van der Waals surface area contributed by atoms with Crippen molar-refractivity contribution in [3.8, 4) is 0 Å². The Kier molecular flexibility index (Phi) is 2.94. The van der Waals surface area contributed by atoms with Gasteiger partial charge in [-0.2, -0.15) is 0 Å². The average molecular weight is 252 g/mol. The predicted octanol–water partition coefficient (Wildman–Crippen LogP) is 3.70. The van der Waals surface area contributed by atoms with Crippen molar-refractivity contribution in [3.63, 3.8) is 0 Å². The molecule has 2 nitrogen and oxygen atoms in total. The summed E-state index contributed by atoms with van der Waals surface area (Å²) in [5.74, 6) is 0. The van der Waals surface area contributed by atoms with E-state index < -0.39 is 0 Å². The number of hydrogen-bond donors (Lipinski definition) is 1. The van der Waals surface area contributed by atoms with Crippen molar-refractivity contribution in [2.75, 3.05) is 17.7 Å². The zero-order chi connectivity index (χ0) is 13.4. The van der Waals surface area contributed by atoms with Crippen LogP contribution in [0.4, 0.5) is 11.4 Å². The van der Waals surface area contributed by atoms with E-state index in [0.29, 0.717) is 6.04 Å². The molecule has 1 aliphatic rings. The van der Waals surface area contributed by atoms with Crippen molar-refractivity contribution in [3.05, 3.63) is 59.2 Å². The SMILES string of the molecule is Cc1cccc(N(C)C2CCc3cc(N)ccc32)c1. The van der Waals surface area contributed by atoms with E-state index in [1.165, 1.54) is 28.8 Å². The third-order valence-electron chi connectivity index (χ3n) is 4.09. The third kappa shape index (κ3) is 2.19. The second-order valence-corrected chi connectivity index (χ2v) is 5.46. The largest absolute Gasteiger partial charge is 0.399 e. The summed E-state index contributed by atoms with van der Waals surface area (Å²) in [5.41, 5.74) is 12.2. The molecule has 0 saturated carbocycles. The molecular weight excluding hydrogens is 232 g/mol. The molecule has 2 heteroatoms. The first-order chi connectivity index (χ1) is 9.15. The Hall–Kier alpha value is -1.96. The van der Waals surface area contributed by atoms with Gasteiger partial charge in [0.05, 0.1) is 6.04 Å².